The van der Waals surface area contributed by atoms with Crippen LogP contribution >= 0.6 is 11.6 Å². The molecule has 30 heavy (non-hydrogen) atoms. The highest BCUT2D eigenvalue weighted by Crippen LogP contribution is 2.21. The number of hydrogen-bond donors (Lipinski definition) is 1. The lowest BCUT2D eigenvalue weighted by atomic mass is 10.1. The summed E-state index contributed by atoms with van der Waals surface area (Å²) in [6.07, 6.45) is 4.04. The summed E-state index contributed by atoms with van der Waals surface area (Å²) >= 11 is 5.88. The van der Waals surface area contributed by atoms with Crippen molar-refractivity contribution >= 4 is 23.4 Å². The second-order valence-corrected chi connectivity index (χ2v) is 7.53. The van der Waals surface area contributed by atoms with E-state index in [2.05, 4.69) is 20.4 Å². The van der Waals surface area contributed by atoms with Gasteiger partial charge in [-0.05, 0) is 35.9 Å². The lowest BCUT2D eigenvalue weighted by molar-refractivity contribution is -0.129. The van der Waals surface area contributed by atoms with Crippen molar-refractivity contribution in [2.45, 2.75) is 19.4 Å². The Bertz CT molecular complexity index is 1020. The highest BCUT2D eigenvalue weighted by molar-refractivity contribution is 6.30. The van der Waals surface area contributed by atoms with Crippen molar-refractivity contribution < 1.29 is 14.1 Å². The molecule has 1 fully saturated rings. The molecule has 3 heterocycles. The molecule has 2 aromatic heterocycles. The lowest BCUT2D eigenvalue weighted by Crippen LogP contribution is -2.34. The van der Waals surface area contributed by atoms with Crippen LogP contribution in [0.5, 0.6) is 0 Å². The summed E-state index contributed by atoms with van der Waals surface area (Å²) < 4.78 is 5.24. The van der Waals surface area contributed by atoms with Crippen molar-refractivity contribution in [3.05, 3.63) is 65.3 Å². The summed E-state index contributed by atoms with van der Waals surface area (Å²) in [5.41, 5.74) is 1.75. The van der Waals surface area contributed by atoms with Crippen LogP contribution in [0.3, 0.4) is 0 Å². The molecule has 3 aromatic rings. The lowest BCUT2D eigenvalue weighted by Gasteiger charge is -2.16. The summed E-state index contributed by atoms with van der Waals surface area (Å²) in [6.45, 7) is 1.22. The van der Waals surface area contributed by atoms with Crippen LogP contribution in [-0.2, 0) is 22.6 Å². The maximum atomic E-state index is 12.5. The van der Waals surface area contributed by atoms with Crippen LogP contribution in [-0.4, -0.2) is 44.9 Å². The predicted octanol–water partition coefficient (Wildman–Crippen LogP) is 2.49. The molecule has 9 heteroatoms. The Hall–Kier alpha value is -3.26. The number of aromatic nitrogens is 3. The van der Waals surface area contributed by atoms with E-state index >= 15 is 0 Å². The fraction of sp³-hybridized carbons (Fsp3) is 0.286. The van der Waals surface area contributed by atoms with Crippen LogP contribution in [0.25, 0.3) is 11.4 Å². The first-order chi connectivity index (χ1) is 14.6. The smallest absolute Gasteiger partial charge is 0.228 e. The van der Waals surface area contributed by atoms with E-state index in [1.165, 1.54) is 0 Å². The van der Waals surface area contributed by atoms with E-state index in [0.29, 0.717) is 42.8 Å². The van der Waals surface area contributed by atoms with Crippen LogP contribution in [0, 0.1) is 5.92 Å². The van der Waals surface area contributed by atoms with Crippen molar-refractivity contribution in [2.75, 3.05) is 13.1 Å². The van der Waals surface area contributed by atoms with E-state index in [4.69, 9.17) is 16.1 Å². The second-order valence-electron chi connectivity index (χ2n) is 7.10. The van der Waals surface area contributed by atoms with Crippen LogP contribution in [0.4, 0.5) is 0 Å². The van der Waals surface area contributed by atoms with Gasteiger partial charge in [0.25, 0.3) is 0 Å². The van der Waals surface area contributed by atoms with Crippen LogP contribution in [0.15, 0.2) is 53.3 Å². The van der Waals surface area contributed by atoms with Gasteiger partial charge in [-0.3, -0.25) is 14.6 Å². The quantitative estimate of drug-likeness (QED) is 0.624. The maximum Gasteiger partial charge on any atom is 0.228 e. The first-order valence-corrected chi connectivity index (χ1v) is 9.99. The second kappa shape index (κ2) is 9.04. The van der Waals surface area contributed by atoms with Gasteiger partial charge in [0, 0.05) is 55.5 Å². The Morgan fingerprint density at radius 1 is 1.27 bits per heavy atom. The largest absolute Gasteiger partial charge is 0.355 e. The molecule has 0 bridgehead atoms. The highest BCUT2D eigenvalue weighted by atomic mass is 35.5. The van der Waals surface area contributed by atoms with E-state index in [9.17, 15) is 9.59 Å². The molecule has 0 aliphatic carbocycles. The van der Waals surface area contributed by atoms with E-state index in [1.54, 1.807) is 29.4 Å². The number of rotatable bonds is 7. The summed E-state index contributed by atoms with van der Waals surface area (Å²) in [7, 11) is 0. The number of carbonyl (C=O) groups is 2. The number of amides is 2. The molecule has 0 saturated carbocycles. The number of pyridine rings is 1. The number of hydrogen-bond acceptors (Lipinski definition) is 6. The maximum absolute atomic E-state index is 12.5. The Morgan fingerprint density at radius 2 is 2.10 bits per heavy atom. The van der Waals surface area contributed by atoms with E-state index in [0.717, 1.165) is 11.1 Å². The summed E-state index contributed by atoms with van der Waals surface area (Å²) in [5.74, 6) is 0.376. The molecular formula is C21H20ClN5O3. The molecule has 1 N–H and O–H groups in total. The molecule has 8 nitrogen and oxygen atoms in total. The first-order valence-electron chi connectivity index (χ1n) is 9.61. The Balaban J connectivity index is 1.25. The van der Waals surface area contributed by atoms with Crippen molar-refractivity contribution in [1.82, 2.24) is 25.3 Å². The average molecular weight is 426 g/mol. The molecule has 2 amide bonds. The SMILES string of the molecule is O=C(NCCc1nc(-c2ccc(Cl)cc2)no1)C1CC(=O)N(Cc2cccnc2)C1. The molecule has 4 rings (SSSR count). The van der Waals surface area contributed by atoms with Gasteiger partial charge in [0.05, 0.1) is 5.92 Å². The van der Waals surface area contributed by atoms with Gasteiger partial charge in [-0.1, -0.05) is 22.8 Å². The topological polar surface area (TPSA) is 101 Å². The number of halogens is 1. The minimum Gasteiger partial charge on any atom is -0.355 e. The zero-order valence-electron chi connectivity index (χ0n) is 16.1. The number of likely N-dealkylation sites (tertiary alicyclic amines) is 1. The number of nitrogens with one attached hydrogen (secondary N) is 1. The van der Waals surface area contributed by atoms with E-state index in [1.807, 2.05) is 24.3 Å². The van der Waals surface area contributed by atoms with Crippen LogP contribution < -0.4 is 5.32 Å². The minimum absolute atomic E-state index is 0.0245. The first kappa shape index (κ1) is 20.0. The third-order valence-corrected chi connectivity index (χ3v) is 5.14. The molecule has 0 radical (unpaired) electrons. The van der Waals surface area contributed by atoms with Crippen LogP contribution in [0.2, 0.25) is 5.02 Å². The third kappa shape index (κ3) is 4.83. The van der Waals surface area contributed by atoms with Gasteiger partial charge in [0.1, 0.15) is 0 Å². The standard InChI is InChI=1S/C21H20ClN5O3/c22-17-5-3-15(4-6-17)20-25-18(30-26-20)7-9-24-21(29)16-10-19(28)27(13-16)12-14-2-1-8-23-11-14/h1-6,8,11,16H,7,9-10,12-13H2,(H,24,29). The summed E-state index contributed by atoms with van der Waals surface area (Å²) in [5, 5.41) is 7.45. The fourth-order valence-electron chi connectivity index (χ4n) is 3.32. The average Bonchev–Trinajstić information content (AvgIpc) is 3.36. The summed E-state index contributed by atoms with van der Waals surface area (Å²) in [6, 6.07) is 10.9. The molecule has 1 aliphatic heterocycles. The van der Waals surface area contributed by atoms with Crippen molar-refractivity contribution in [3.63, 3.8) is 0 Å². The fourth-order valence-corrected chi connectivity index (χ4v) is 3.45. The molecule has 0 spiro atoms. The normalized spacial score (nSPS) is 16.1. The van der Waals surface area contributed by atoms with Gasteiger partial charge in [0.15, 0.2) is 0 Å². The van der Waals surface area contributed by atoms with Crippen molar-refractivity contribution in [2.24, 2.45) is 5.92 Å². The van der Waals surface area contributed by atoms with Gasteiger partial charge >= 0.3 is 0 Å². The molecule has 1 aromatic carbocycles. The number of benzene rings is 1. The molecular weight excluding hydrogens is 406 g/mol. The minimum atomic E-state index is -0.360. The number of nitrogens with zero attached hydrogens (tertiary/aromatic N) is 4. The summed E-state index contributed by atoms with van der Waals surface area (Å²) in [4.78, 5) is 34.8. The van der Waals surface area contributed by atoms with Crippen molar-refractivity contribution in [3.8, 4) is 11.4 Å². The van der Waals surface area contributed by atoms with Crippen LogP contribution in [0.1, 0.15) is 17.9 Å². The van der Waals surface area contributed by atoms with E-state index < -0.39 is 0 Å². The van der Waals surface area contributed by atoms with Gasteiger partial charge in [-0.25, -0.2) is 0 Å². The molecule has 1 saturated heterocycles. The Labute approximate surface area is 178 Å². The molecule has 1 atom stereocenters. The third-order valence-electron chi connectivity index (χ3n) is 4.89. The molecule has 154 valence electrons. The Kier molecular flexibility index (Phi) is 6.04. The van der Waals surface area contributed by atoms with Gasteiger partial charge in [0.2, 0.25) is 23.5 Å². The van der Waals surface area contributed by atoms with Gasteiger partial charge < -0.3 is 14.7 Å². The number of carbonyl (C=O) groups excluding carboxylic acids is 2. The van der Waals surface area contributed by atoms with Gasteiger partial charge in [-0.15, -0.1) is 0 Å². The zero-order valence-corrected chi connectivity index (χ0v) is 16.9. The van der Waals surface area contributed by atoms with Gasteiger partial charge in [-0.2, -0.15) is 4.98 Å². The molecule has 1 unspecified atom stereocenters. The van der Waals surface area contributed by atoms with Crippen molar-refractivity contribution in [1.29, 1.82) is 0 Å². The van der Waals surface area contributed by atoms with E-state index in [-0.39, 0.29) is 24.2 Å². The monoisotopic (exact) mass is 425 g/mol. The Morgan fingerprint density at radius 3 is 2.87 bits per heavy atom. The molecule has 1 aliphatic rings. The predicted molar refractivity (Wildman–Crippen MR) is 109 cm³/mol. The highest BCUT2D eigenvalue weighted by Gasteiger charge is 2.34. The zero-order chi connectivity index (χ0) is 20.9.